The molecule has 12 heteroatoms. The Bertz CT molecular complexity index is 1060. The Labute approximate surface area is 195 Å². The molecule has 0 spiro atoms. The molecule has 12 nitrogen and oxygen atoms in total. The van der Waals surface area contributed by atoms with Gasteiger partial charge in [0.1, 0.15) is 13.2 Å². The zero-order chi connectivity index (χ0) is 25.3. The van der Waals surface area contributed by atoms with E-state index in [-0.39, 0.29) is 28.9 Å². The molecule has 0 saturated heterocycles. The van der Waals surface area contributed by atoms with Crippen LogP contribution in [0.3, 0.4) is 0 Å². The van der Waals surface area contributed by atoms with Crippen molar-refractivity contribution < 1.29 is 28.9 Å². The Morgan fingerprint density at radius 1 is 0.912 bits per heavy atom. The lowest BCUT2D eigenvalue weighted by Gasteiger charge is -2.30. The van der Waals surface area contributed by atoms with Gasteiger partial charge in [-0.2, -0.15) is 0 Å². The number of unbranched alkanes of at least 4 members (excludes halogenated alkanes) is 1. The van der Waals surface area contributed by atoms with Crippen LogP contribution in [0.15, 0.2) is 48.5 Å². The SMILES string of the molecule is CCCCC(C(=O)OCc1ccccc1[N+](=O)[O-])C(N)(N)C(=O)OCc1ccccc1[N+](=O)[O-]. The summed E-state index contributed by atoms with van der Waals surface area (Å²) in [5, 5.41) is 22.3. The first-order valence-corrected chi connectivity index (χ1v) is 10.5. The number of ether oxygens (including phenoxy) is 2. The van der Waals surface area contributed by atoms with E-state index in [4.69, 9.17) is 20.9 Å². The van der Waals surface area contributed by atoms with Crippen LogP contribution in [0.1, 0.15) is 37.3 Å². The molecule has 0 aliphatic rings. The van der Waals surface area contributed by atoms with E-state index in [2.05, 4.69) is 0 Å². The number of rotatable bonds is 12. The molecule has 0 heterocycles. The Balaban J connectivity index is 2.15. The fourth-order valence-electron chi connectivity index (χ4n) is 3.24. The van der Waals surface area contributed by atoms with Gasteiger partial charge in [0, 0.05) is 12.1 Å². The van der Waals surface area contributed by atoms with Crippen LogP contribution >= 0.6 is 0 Å². The first-order chi connectivity index (χ1) is 16.1. The van der Waals surface area contributed by atoms with Crippen LogP contribution in [0.2, 0.25) is 0 Å². The normalized spacial score (nSPS) is 12.0. The third-order valence-electron chi connectivity index (χ3n) is 5.17. The van der Waals surface area contributed by atoms with Gasteiger partial charge < -0.3 is 20.9 Å². The van der Waals surface area contributed by atoms with Crippen molar-refractivity contribution in [2.75, 3.05) is 0 Å². The second kappa shape index (κ2) is 11.8. The molecule has 34 heavy (non-hydrogen) atoms. The number of nitrogens with zero attached hydrogens (tertiary/aromatic N) is 2. The van der Waals surface area contributed by atoms with Crippen molar-refractivity contribution in [3.8, 4) is 0 Å². The Hall–Kier alpha value is -3.90. The monoisotopic (exact) mass is 474 g/mol. The van der Waals surface area contributed by atoms with Gasteiger partial charge in [-0.3, -0.25) is 25.0 Å². The average molecular weight is 474 g/mol. The van der Waals surface area contributed by atoms with E-state index in [1.54, 1.807) is 12.1 Å². The number of carbonyl (C=O) groups is 2. The van der Waals surface area contributed by atoms with Gasteiger partial charge in [0.2, 0.25) is 0 Å². The van der Waals surface area contributed by atoms with E-state index >= 15 is 0 Å². The molecule has 2 aromatic carbocycles. The molecule has 1 unspecified atom stereocenters. The van der Waals surface area contributed by atoms with Gasteiger partial charge in [-0.15, -0.1) is 0 Å². The molecule has 0 aliphatic carbocycles. The lowest BCUT2D eigenvalue weighted by molar-refractivity contribution is -0.386. The summed E-state index contributed by atoms with van der Waals surface area (Å²) in [5.41, 5.74) is 9.55. The molecule has 0 amide bonds. The standard InChI is InChI=1S/C22H26N4O8/c1-2-3-10-17(20(27)33-13-15-8-4-6-11-18(15)25(29)30)22(23,24)21(28)34-14-16-9-5-7-12-19(16)26(31)32/h4-9,11-12,17H,2-3,10,13-14,23-24H2,1H3. The number of nitrogens with two attached hydrogens (primary N) is 2. The highest BCUT2D eigenvalue weighted by atomic mass is 16.6. The minimum Gasteiger partial charge on any atom is -0.460 e. The van der Waals surface area contributed by atoms with E-state index in [9.17, 15) is 29.8 Å². The van der Waals surface area contributed by atoms with Crippen LogP contribution in [0.5, 0.6) is 0 Å². The number of hydrogen-bond acceptors (Lipinski definition) is 10. The summed E-state index contributed by atoms with van der Waals surface area (Å²) in [5.74, 6) is -3.37. The summed E-state index contributed by atoms with van der Waals surface area (Å²) < 4.78 is 10.3. The van der Waals surface area contributed by atoms with Crippen molar-refractivity contribution in [3.05, 3.63) is 79.9 Å². The van der Waals surface area contributed by atoms with Gasteiger partial charge in [0.25, 0.3) is 11.4 Å². The maximum atomic E-state index is 12.8. The number of esters is 2. The van der Waals surface area contributed by atoms with E-state index in [0.29, 0.717) is 12.8 Å². The highest BCUT2D eigenvalue weighted by Gasteiger charge is 2.45. The highest BCUT2D eigenvalue weighted by Crippen LogP contribution is 2.25. The summed E-state index contributed by atoms with van der Waals surface area (Å²) in [4.78, 5) is 46.6. The molecule has 2 aromatic rings. The number of benzene rings is 2. The summed E-state index contributed by atoms with van der Waals surface area (Å²) >= 11 is 0. The van der Waals surface area contributed by atoms with Gasteiger partial charge in [0.05, 0.1) is 26.9 Å². The maximum absolute atomic E-state index is 12.8. The largest absolute Gasteiger partial charge is 0.460 e. The minimum atomic E-state index is -2.29. The fraction of sp³-hybridized carbons (Fsp3) is 0.364. The van der Waals surface area contributed by atoms with Crippen LogP contribution in [-0.4, -0.2) is 27.4 Å². The Kier molecular flexibility index (Phi) is 9.16. The maximum Gasteiger partial charge on any atom is 0.342 e. The zero-order valence-electron chi connectivity index (χ0n) is 18.5. The second-order valence-corrected chi connectivity index (χ2v) is 7.58. The molecule has 2 rings (SSSR count). The molecule has 1 atom stereocenters. The van der Waals surface area contributed by atoms with Crippen molar-refractivity contribution in [1.82, 2.24) is 0 Å². The van der Waals surface area contributed by atoms with Crippen molar-refractivity contribution in [3.63, 3.8) is 0 Å². The Morgan fingerprint density at radius 2 is 1.38 bits per heavy atom. The number of nitro benzene ring substituents is 2. The van der Waals surface area contributed by atoms with Crippen LogP contribution < -0.4 is 11.5 Å². The predicted molar refractivity (Wildman–Crippen MR) is 120 cm³/mol. The van der Waals surface area contributed by atoms with Gasteiger partial charge in [-0.25, -0.2) is 4.79 Å². The lowest BCUT2D eigenvalue weighted by atomic mass is 9.89. The fourth-order valence-corrected chi connectivity index (χ4v) is 3.24. The van der Waals surface area contributed by atoms with Gasteiger partial charge >= 0.3 is 11.9 Å². The number of hydrogen-bond donors (Lipinski definition) is 2. The molecule has 4 N–H and O–H groups in total. The van der Waals surface area contributed by atoms with Crippen LogP contribution in [0, 0.1) is 26.1 Å². The van der Waals surface area contributed by atoms with E-state index in [1.165, 1.54) is 36.4 Å². The molecular weight excluding hydrogens is 448 g/mol. The molecule has 0 bridgehead atoms. The van der Waals surface area contributed by atoms with E-state index in [1.807, 2.05) is 6.92 Å². The molecule has 0 fully saturated rings. The summed E-state index contributed by atoms with van der Waals surface area (Å²) in [6, 6.07) is 11.4. The third kappa shape index (κ3) is 6.56. The Morgan fingerprint density at radius 3 is 1.85 bits per heavy atom. The average Bonchev–Trinajstić information content (AvgIpc) is 2.81. The van der Waals surface area contributed by atoms with Gasteiger partial charge in [-0.05, 0) is 18.6 Å². The van der Waals surface area contributed by atoms with Crippen molar-refractivity contribution in [1.29, 1.82) is 0 Å². The van der Waals surface area contributed by atoms with Crippen LogP contribution in [-0.2, 0) is 32.3 Å². The number of nitro groups is 2. The topological polar surface area (TPSA) is 191 Å². The first kappa shape index (κ1) is 26.4. The molecule has 0 aromatic heterocycles. The lowest BCUT2D eigenvalue weighted by Crippen LogP contribution is -2.64. The molecule has 182 valence electrons. The summed E-state index contributed by atoms with van der Waals surface area (Å²) in [6.45, 7) is 0.967. The van der Waals surface area contributed by atoms with Crippen molar-refractivity contribution >= 4 is 23.3 Å². The van der Waals surface area contributed by atoms with Crippen LogP contribution in [0.25, 0.3) is 0 Å². The summed E-state index contributed by atoms with van der Waals surface area (Å²) in [7, 11) is 0. The quantitative estimate of drug-likeness (QED) is 0.200. The second-order valence-electron chi connectivity index (χ2n) is 7.58. The predicted octanol–water partition coefficient (Wildman–Crippen LogP) is 2.71. The van der Waals surface area contributed by atoms with Crippen LogP contribution in [0.4, 0.5) is 11.4 Å². The third-order valence-corrected chi connectivity index (χ3v) is 5.17. The minimum absolute atomic E-state index is 0.0970. The summed E-state index contributed by atoms with van der Waals surface area (Å²) in [6.07, 6.45) is 1.24. The van der Waals surface area contributed by atoms with E-state index in [0.717, 1.165) is 0 Å². The molecular formula is C22H26N4O8. The molecule has 0 aliphatic heterocycles. The number of carbonyl (C=O) groups excluding carboxylic acids is 2. The van der Waals surface area contributed by atoms with Gasteiger partial charge in [-0.1, -0.05) is 44.0 Å². The van der Waals surface area contributed by atoms with Crippen molar-refractivity contribution in [2.24, 2.45) is 17.4 Å². The van der Waals surface area contributed by atoms with Crippen molar-refractivity contribution in [2.45, 2.75) is 45.1 Å². The number of para-hydroxylation sites is 2. The highest BCUT2D eigenvalue weighted by molar-refractivity contribution is 5.88. The van der Waals surface area contributed by atoms with Gasteiger partial charge in [0.15, 0.2) is 5.66 Å². The molecule has 0 saturated carbocycles. The molecule has 0 radical (unpaired) electrons. The van der Waals surface area contributed by atoms with E-state index < -0.39 is 46.6 Å². The first-order valence-electron chi connectivity index (χ1n) is 10.5. The smallest absolute Gasteiger partial charge is 0.342 e. The zero-order valence-corrected chi connectivity index (χ0v) is 18.5.